The number of imide groups is 1. The number of rotatable bonds is 5. The van der Waals surface area contributed by atoms with Gasteiger partial charge in [0.25, 0.3) is 5.91 Å². The lowest BCUT2D eigenvalue weighted by atomic mass is 10.1. The first-order valence-electron chi connectivity index (χ1n) is 6.40. The topological polar surface area (TPSA) is 67.4 Å². The van der Waals surface area contributed by atoms with Gasteiger partial charge in [-0.25, -0.2) is 4.79 Å². The smallest absolute Gasteiger partial charge is 0.322 e. The summed E-state index contributed by atoms with van der Waals surface area (Å²) in [6, 6.07) is 6.16. The van der Waals surface area contributed by atoms with Crippen molar-refractivity contribution < 1.29 is 14.3 Å². The van der Waals surface area contributed by atoms with Gasteiger partial charge in [-0.2, -0.15) is 0 Å². The van der Waals surface area contributed by atoms with E-state index in [4.69, 9.17) is 4.74 Å². The summed E-state index contributed by atoms with van der Waals surface area (Å²) in [6.45, 7) is 4.97. The highest BCUT2D eigenvalue weighted by molar-refractivity contribution is 6.04. The highest BCUT2D eigenvalue weighted by Gasteiger charge is 2.30. The van der Waals surface area contributed by atoms with Gasteiger partial charge >= 0.3 is 6.03 Å². The van der Waals surface area contributed by atoms with Gasteiger partial charge in [0, 0.05) is 0 Å². The molecular formula is C14H18N2O3. The van der Waals surface area contributed by atoms with Crippen LogP contribution in [0.2, 0.25) is 0 Å². The van der Waals surface area contributed by atoms with Crippen molar-refractivity contribution >= 4 is 11.9 Å². The Morgan fingerprint density at radius 1 is 1.21 bits per heavy atom. The molecule has 0 spiro atoms. The Kier molecular flexibility index (Phi) is 4.04. The van der Waals surface area contributed by atoms with Crippen molar-refractivity contribution in [2.24, 2.45) is 5.92 Å². The Bertz CT molecular complexity index is 468. The quantitative estimate of drug-likeness (QED) is 0.797. The van der Waals surface area contributed by atoms with Crippen LogP contribution in [0.4, 0.5) is 4.79 Å². The van der Waals surface area contributed by atoms with Crippen LogP contribution in [0.15, 0.2) is 24.3 Å². The fourth-order valence-electron chi connectivity index (χ4n) is 1.82. The zero-order valence-corrected chi connectivity index (χ0v) is 11.1. The number of nitrogens with one attached hydrogen (secondary N) is 2. The number of hydrogen-bond donors (Lipinski definition) is 2. The average Bonchev–Trinajstić information content (AvgIpc) is 2.69. The van der Waals surface area contributed by atoms with Gasteiger partial charge in [0.2, 0.25) is 0 Å². The van der Waals surface area contributed by atoms with Gasteiger partial charge in [0.15, 0.2) is 0 Å². The highest BCUT2D eigenvalue weighted by Crippen LogP contribution is 2.20. The third-order valence-corrected chi connectivity index (χ3v) is 2.95. The second kappa shape index (κ2) is 5.73. The second-order valence-corrected chi connectivity index (χ2v) is 5.00. The van der Waals surface area contributed by atoms with Crippen LogP contribution in [-0.2, 0) is 4.79 Å². The molecular weight excluding hydrogens is 244 g/mol. The lowest BCUT2D eigenvalue weighted by Crippen LogP contribution is -2.22. The summed E-state index contributed by atoms with van der Waals surface area (Å²) < 4.78 is 5.59. The third-order valence-electron chi connectivity index (χ3n) is 2.95. The van der Waals surface area contributed by atoms with E-state index in [2.05, 4.69) is 24.5 Å². The molecule has 1 heterocycles. The SMILES string of the molecule is CC(C)CCOc1ccc([C@H]2NC(=O)NC2=O)cc1. The van der Waals surface area contributed by atoms with E-state index in [0.29, 0.717) is 12.5 Å². The minimum atomic E-state index is -0.600. The third kappa shape index (κ3) is 3.47. The van der Waals surface area contributed by atoms with Crippen LogP contribution in [0, 0.1) is 5.92 Å². The molecule has 1 aliphatic rings. The average molecular weight is 262 g/mol. The van der Waals surface area contributed by atoms with Gasteiger partial charge < -0.3 is 10.1 Å². The van der Waals surface area contributed by atoms with E-state index in [-0.39, 0.29) is 5.91 Å². The molecule has 1 aromatic carbocycles. The second-order valence-electron chi connectivity index (χ2n) is 5.00. The number of carbonyl (C=O) groups is 2. The Morgan fingerprint density at radius 2 is 1.89 bits per heavy atom. The summed E-state index contributed by atoms with van der Waals surface area (Å²) in [5.41, 5.74) is 0.750. The molecule has 19 heavy (non-hydrogen) atoms. The van der Waals surface area contributed by atoms with Crippen LogP contribution in [-0.4, -0.2) is 18.5 Å². The van der Waals surface area contributed by atoms with Crippen LogP contribution in [0.1, 0.15) is 31.9 Å². The first-order valence-corrected chi connectivity index (χ1v) is 6.40. The molecule has 1 saturated heterocycles. The number of amides is 3. The van der Waals surface area contributed by atoms with Gasteiger partial charge in [-0.15, -0.1) is 0 Å². The number of hydrogen-bond acceptors (Lipinski definition) is 3. The van der Waals surface area contributed by atoms with Gasteiger partial charge in [-0.1, -0.05) is 26.0 Å². The molecule has 5 nitrogen and oxygen atoms in total. The number of benzene rings is 1. The maximum atomic E-state index is 11.5. The molecule has 0 radical (unpaired) electrons. The molecule has 1 atom stereocenters. The first-order chi connectivity index (χ1) is 9.06. The van der Waals surface area contributed by atoms with Crippen molar-refractivity contribution in [2.45, 2.75) is 26.3 Å². The molecule has 2 rings (SSSR count). The lowest BCUT2D eigenvalue weighted by molar-refractivity contribution is -0.120. The summed E-state index contributed by atoms with van der Waals surface area (Å²) in [4.78, 5) is 22.5. The molecule has 1 fully saturated rings. The highest BCUT2D eigenvalue weighted by atomic mass is 16.5. The Morgan fingerprint density at radius 3 is 2.42 bits per heavy atom. The van der Waals surface area contributed by atoms with Crippen LogP contribution >= 0.6 is 0 Å². The van der Waals surface area contributed by atoms with Gasteiger partial charge in [0.1, 0.15) is 11.8 Å². The maximum absolute atomic E-state index is 11.5. The van der Waals surface area contributed by atoms with Gasteiger partial charge in [-0.3, -0.25) is 10.1 Å². The van der Waals surface area contributed by atoms with Crippen molar-refractivity contribution in [3.8, 4) is 5.75 Å². The van der Waals surface area contributed by atoms with Gasteiger partial charge in [0.05, 0.1) is 6.61 Å². The molecule has 3 amide bonds. The van der Waals surface area contributed by atoms with E-state index in [1.807, 2.05) is 12.1 Å². The Balaban J connectivity index is 1.95. The molecule has 1 aromatic rings. The minimum absolute atomic E-state index is 0.321. The molecule has 1 aliphatic heterocycles. The largest absolute Gasteiger partial charge is 0.494 e. The molecule has 0 aromatic heterocycles. The predicted molar refractivity (Wildman–Crippen MR) is 70.8 cm³/mol. The normalized spacial score (nSPS) is 18.4. The molecule has 0 bridgehead atoms. The fourth-order valence-corrected chi connectivity index (χ4v) is 1.82. The van der Waals surface area contributed by atoms with Crippen molar-refractivity contribution in [1.29, 1.82) is 0 Å². The van der Waals surface area contributed by atoms with E-state index in [9.17, 15) is 9.59 Å². The summed E-state index contributed by atoms with van der Waals surface area (Å²) in [5, 5.41) is 4.76. The Labute approximate surface area is 112 Å². The number of ether oxygens (including phenoxy) is 1. The zero-order chi connectivity index (χ0) is 13.8. The van der Waals surface area contributed by atoms with Crippen LogP contribution in [0.25, 0.3) is 0 Å². The minimum Gasteiger partial charge on any atom is -0.494 e. The van der Waals surface area contributed by atoms with Gasteiger partial charge in [-0.05, 0) is 30.0 Å². The standard InChI is InChI=1S/C14H18N2O3/c1-9(2)7-8-19-11-5-3-10(4-6-11)12-13(17)16-14(18)15-12/h3-6,9,12H,7-8H2,1-2H3,(H2,15,16,17,18)/t12-/m1/s1. The first kappa shape index (κ1) is 13.4. The Hall–Kier alpha value is -2.04. The molecule has 2 N–H and O–H groups in total. The van der Waals surface area contributed by atoms with E-state index in [0.717, 1.165) is 17.7 Å². The predicted octanol–water partition coefficient (Wildman–Crippen LogP) is 1.99. The van der Waals surface area contributed by atoms with E-state index in [1.54, 1.807) is 12.1 Å². The molecule has 0 aliphatic carbocycles. The summed E-state index contributed by atoms with van der Waals surface area (Å²) in [5.74, 6) is 1.06. The summed E-state index contributed by atoms with van der Waals surface area (Å²) in [7, 11) is 0. The monoisotopic (exact) mass is 262 g/mol. The lowest BCUT2D eigenvalue weighted by Gasteiger charge is -2.10. The van der Waals surface area contributed by atoms with E-state index in [1.165, 1.54) is 0 Å². The van der Waals surface area contributed by atoms with Crippen molar-refractivity contribution in [2.75, 3.05) is 6.61 Å². The molecule has 102 valence electrons. The number of urea groups is 1. The summed E-state index contributed by atoms with van der Waals surface area (Å²) in [6.07, 6.45) is 1.00. The van der Waals surface area contributed by atoms with Crippen molar-refractivity contribution in [1.82, 2.24) is 10.6 Å². The van der Waals surface area contributed by atoms with Crippen molar-refractivity contribution in [3.05, 3.63) is 29.8 Å². The van der Waals surface area contributed by atoms with Crippen molar-refractivity contribution in [3.63, 3.8) is 0 Å². The number of carbonyl (C=O) groups excluding carboxylic acids is 2. The van der Waals surface area contributed by atoms with Crippen LogP contribution in [0.5, 0.6) is 5.75 Å². The maximum Gasteiger partial charge on any atom is 0.322 e. The van der Waals surface area contributed by atoms with E-state index >= 15 is 0 Å². The van der Waals surface area contributed by atoms with Crippen LogP contribution in [0.3, 0.4) is 0 Å². The molecule has 0 saturated carbocycles. The molecule has 0 unspecified atom stereocenters. The zero-order valence-electron chi connectivity index (χ0n) is 11.1. The van der Waals surface area contributed by atoms with E-state index < -0.39 is 12.1 Å². The fraction of sp³-hybridized carbons (Fsp3) is 0.429. The van der Waals surface area contributed by atoms with Crippen LogP contribution < -0.4 is 15.4 Å². The molecule has 5 heteroatoms. The summed E-state index contributed by atoms with van der Waals surface area (Å²) >= 11 is 0.